The summed E-state index contributed by atoms with van der Waals surface area (Å²) in [6.45, 7) is 1.99. The second-order valence-corrected chi connectivity index (χ2v) is 5.61. The summed E-state index contributed by atoms with van der Waals surface area (Å²) >= 11 is 1.62. The second-order valence-electron chi connectivity index (χ2n) is 4.63. The van der Waals surface area contributed by atoms with Crippen LogP contribution in [0.2, 0.25) is 0 Å². The summed E-state index contributed by atoms with van der Waals surface area (Å²) in [5.74, 6) is -1.09. The minimum absolute atomic E-state index is 0.00398. The van der Waals surface area contributed by atoms with E-state index in [4.69, 9.17) is 0 Å². The summed E-state index contributed by atoms with van der Waals surface area (Å²) < 4.78 is 0. The first-order valence-electron chi connectivity index (χ1n) is 6.45. The van der Waals surface area contributed by atoms with E-state index in [0.29, 0.717) is 11.2 Å². The van der Waals surface area contributed by atoms with Crippen LogP contribution in [0.15, 0.2) is 41.8 Å². The molecular weight excluding hydrogens is 286 g/mol. The molecule has 21 heavy (non-hydrogen) atoms. The number of carbonyl (C=O) groups is 1. The van der Waals surface area contributed by atoms with Crippen molar-refractivity contribution in [3.8, 4) is 0 Å². The third kappa shape index (κ3) is 2.57. The van der Waals surface area contributed by atoms with Gasteiger partial charge in [0.25, 0.3) is 0 Å². The Morgan fingerprint density at radius 2 is 2.05 bits per heavy atom. The number of nitrogens with one attached hydrogen (secondary N) is 1. The van der Waals surface area contributed by atoms with E-state index in [1.54, 1.807) is 11.3 Å². The van der Waals surface area contributed by atoms with E-state index in [9.17, 15) is 9.90 Å². The van der Waals surface area contributed by atoms with Crippen LogP contribution in [-0.2, 0) is 0 Å². The van der Waals surface area contributed by atoms with E-state index in [0.717, 1.165) is 10.3 Å². The highest BCUT2D eigenvalue weighted by Gasteiger charge is 2.18. The van der Waals surface area contributed by atoms with Crippen LogP contribution < -0.4 is 5.32 Å². The minimum atomic E-state index is -1.09. The van der Waals surface area contributed by atoms with Gasteiger partial charge in [-0.3, -0.25) is 0 Å². The van der Waals surface area contributed by atoms with Crippen molar-refractivity contribution in [3.63, 3.8) is 0 Å². The Morgan fingerprint density at radius 1 is 1.24 bits per heavy atom. The lowest BCUT2D eigenvalue weighted by molar-refractivity contribution is 0.0690. The van der Waals surface area contributed by atoms with E-state index < -0.39 is 5.97 Å². The first kappa shape index (κ1) is 13.5. The summed E-state index contributed by atoms with van der Waals surface area (Å²) in [5, 5.41) is 23.1. The molecule has 1 aromatic carbocycles. The number of nitrogens with zero attached hydrogens (tertiary/aromatic N) is 2. The van der Waals surface area contributed by atoms with E-state index in [2.05, 4.69) is 15.5 Å². The SMILES string of the molecule is CC(Nc1c(C(=O)O)nnc2ccccc12)c1cccs1. The summed E-state index contributed by atoms with van der Waals surface area (Å²) in [6, 6.07) is 11.4. The zero-order chi connectivity index (χ0) is 14.8. The molecule has 0 spiro atoms. The van der Waals surface area contributed by atoms with Gasteiger partial charge in [0.2, 0.25) is 0 Å². The molecule has 2 heterocycles. The molecule has 0 saturated heterocycles. The minimum Gasteiger partial charge on any atom is -0.476 e. The summed E-state index contributed by atoms with van der Waals surface area (Å²) in [4.78, 5) is 12.5. The molecule has 0 saturated carbocycles. The number of carboxylic acid groups (broad SMARTS) is 1. The van der Waals surface area contributed by atoms with Crippen LogP contribution in [0.5, 0.6) is 0 Å². The summed E-state index contributed by atoms with van der Waals surface area (Å²) in [5.41, 5.74) is 1.12. The Morgan fingerprint density at radius 3 is 2.76 bits per heavy atom. The number of benzene rings is 1. The predicted molar refractivity (Wildman–Crippen MR) is 82.9 cm³/mol. The van der Waals surface area contributed by atoms with Gasteiger partial charge in [0.15, 0.2) is 5.69 Å². The molecule has 106 valence electrons. The van der Waals surface area contributed by atoms with Gasteiger partial charge in [0.05, 0.1) is 17.2 Å². The standard InChI is InChI=1S/C15H13N3O2S/c1-9(12-7-4-8-21-12)16-13-10-5-2-3-6-11(10)17-18-14(13)15(19)20/h2-9H,1H3,(H,16,17)(H,19,20). The fourth-order valence-corrected chi connectivity index (χ4v) is 2.91. The maximum Gasteiger partial charge on any atom is 0.358 e. The van der Waals surface area contributed by atoms with Gasteiger partial charge in [-0.15, -0.1) is 21.5 Å². The van der Waals surface area contributed by atoms with Gasteiger partial charge in [-0.2, -0.15) is 0 Å². The fraction of sp³-hybridized carbons (Fsp3) is 0.133. The number of aromatic nitrogens is 2. The lowest BCUT2D eigenvalue weighted by atomic mass is 10.1. The van der Waals surface area contributed by atoms with Crippen LogP contribution in [0.3, 0.4) is 0 Å². The highest BCUT2D eigenvalue weighted by molar-refractivity contribution is 7.10. The maximum atomic E-state index is 11.4. The second kappa shape index (κ2) is 5.49. The maximum absolute atomic E-state index is 11.4. The number of carboxylic acids is 1. The number of fused-ring (bicyclic) bond motifs is 1. The highest BCUT2D eigenvalue weighted by atomic mass is 32.1. The Bertz CT molecular complexity index is 787. The molecule has 5 nitrogen and oxygen atoms in total. The van der Waals surface area contributed by atoms with Crippen molar-refractivity contribution in [2.45, 2.75) is 13.0 Å². The lowest BCUT2D eigenvalue weighted by Crippen LogP contribution is -2.13. The Hall–Kier alpha value is -2.47. The first-order chi connectivity index (χ1) is 10.2. The monoisotopic (exact) mass is 299 g/mol. The van der Waals surface area contributed by atoms with E-state index in [1.807, 2.05) is 48.7 Å². The lowest BCUT2D eigenvalue weighted by Gasteiger charge is -2.16. The van der Waals surface area contributed by atoms with Crippen molar-refractivity contribution in [2.24, 2.45) is 0 Å². The fourth-order valence-electron chi connectivity index (χ4n) is 2.17. The summed E-state index contributed by atoms with van der Waals surface area (Å²) in [7, 11) is 0. The Labute approximate surface area is 125 Å². The average molecular weight is 299 g/mol. The molecule has 0 aliphatic carbocycles. The highest BCUT2D eigenvalue weighted by Crippen LogP contribution is 2.29. The van der Waals surface area contributed by atoms with Crippen molar-refractivity contribution < 1.29 is 9.90 Å². The van der Waals surface area contributed by atoms with Crippen LogP contribution in [0, 0.1) is 0 Å². The van der Waals surface area contributed by atoms with Crippen LogP contribution in [0.1, 0.15) is 28.3 Å². The van der Waals surface area contributed by atoms with E-state index in [1.165, 1.54) is 0 Å². The third-order valence-corrected chi connectivity index (χ3v) is 4.26. The van der Waals surface area contributed by atoms with Crippen molar-refractivity contribution in [2.75, 3.05) is 5.32 Å². The van der Waals surface area contributed by atoms with Crippen molar-refractivity contribution in [1.29, 1.82) is 0 Å². The van der Waals surface area contributed by atoms with Gasteiger partial charge < -0.3 is 10.4 Å². The number of aromatic carboxylic acids is 1. The average Bonchev–Trinajstić information content (AvgIpc) is 3.01. The van der Waals surface area contributed by atoms with Crippen LogP contribution >= 0.6 is 11.3 Å². The van der Waals surface area contributed by atoms with Gasteiger partial charge in [0, 0.05) is 10.3 Å². The van der Waals surface area contributed by atoms with Gasteiger partial charge >= 0.3 is 5.97 Å². The molecule has 0 amide bonds. The molecular formula is C15H13N3O2S. The largest absolute Gasteiger partial charge is 0.476 e. The number of rotatable bonds is 4. The van der Waals surface area contributed by atoms with Crippen LogP contribution in [0.25, 0.3) is 10.9 Å². The molecule has 0 radical (unpaired) electrons. The molecule has 0 fully saturated rings. The zero-order valence-electron chi connectivity index (χ0n) is 11.3. The molecule has 3 rings (SSSR count). The molecule has 2 N–H and O–H groups in total. The predicted octanol–water partition coefficient (Wildman–Crippen LogP) is 3.56. The number of hydrogen-bond acceptors (Lipinski definition) is 5. The topological polar surface area (TPSA) is 75.1 Å². The van der Waals surface area contributed by atoms with Gasteiger partial charge in [0.1, 0.15) is 0 Å². The molecule has 1 unspecified atom stereocenters. The van der Waals surface area contributed by atoms with E-state index >= 15 is 0 Å². The molecule has 0 bridgehead atoms. The Kier molecular flexibility index (Phi) is 3.53. The Balaban J connectivity index is 2.10. The quantitative estimate of drug-likeness (QED) is 0.770. The molecule has 1 atom stereocenters. The van der Waals surface area contributed by atoms with Gasteiger partial charge in [-0.05, 0) is 24.4 Å². The first-order valence-corrected chi connectivity index (χ1v) is 7.33. The molecule has 0 aliphatic heterocycles. The molecule has 0 aliphatic rings. The number of thiophene rings is 1. The van der Waals surface area contributed by atoms with Crippen molar-refractivity contribution in [3.05, 3.63) is 52.3 Å². The van der Waals surface area contributed by atoms with E-state index in [-0.39, 0.29) is 11.7 Å². The van der Waals surface area contributed by atoms with Crippen LogP contribution in [-0.4, -0.2) is 21.3 Å². The number of hydrogen-bond donors (Lipinski definition) is 2. The zero-order valence-corrected chi connectivity index (χ0v) is 12.1. The van der Waals surface area contributed by atoms with Crippen molar-refractivity contribution in [1.82, 2.24) is 10.2 Å². The molecule has 2 aromatic heterocycles. The molecule has 3 aromatic rings. The van der Waals surface area contributed by atoms with Gasteiger partial charge in [-0.25, -0.2) is 4.79 Å². The van der Waals surface area contributed by atoms with Crippen LogP contribution in [0.4, 0.5) is 5.69 Å². The molecule has 6 heteroatoms. The normalized spacial score (nSPS) is 12.2. The van der Waals surface area contributed by atoms with Gasteiger partial charge in [-0.1, -0.05) is 24.3 Å². The smallest absolute Gasteiger partial charge is 0.358 e. The number of anilines is 1. The third-order valence-electron chi connectivity index (χ3n) is 3.20. The van der Waals surface area contributed by atoms with Crippen molar-refractivity contribution >= 4 is 33.9 Å². The summed E-state index contributed by atoms with van der Waals surface area (Å²) in [6.07, 6.45) is 0.